The van der Waals surface area contributed by atoms with Crippen molar-refractivity contribution in [3.05, 3.63) is 31.3 Å². The number of urea groups is 1. The largest absolute Gasteiger partial charge is 0.522 e. The summed E-state index contributed by atoms with van der Waals surface area (Å²) in [6.07, 6.45) is -4.80. The molecule has 0 saturated carbocycles. The summed E-state index contributed by atoms with van der Waals surface area (Å²) in [7, 11) is 0. The van der Waals surface area contributed by atoms with E-state index in [1.165, 1.54) is 0 Å². The molecular weight excluding hydrogens is 401 g/mol. The van der Waals surface area contributed by atoms with Crippen molar-refractivity contribution in [1.29, 1.82) is 0 Å². The van der Waals surface area contributed by atoms with Crippen molar-refractivity contribution in [3.63, 3.8) is 0 Å². The van der Waals surface area contributed by atoms with Gasteiger partial charge in [0, 0.05) is 24.5 Å². The number of amides is 2. The maximum atomic E-state index is 12.8. The molecule has 28 heavy (non-hydrogen) atoms. The lowest BCUT2D eigenvalue weighted by Gasteiger charge is -2.12. The Kier molecular flexibility index (Phi) is 5.53. The minimum Gasteiger partial charge on any atom is -0.336 e. The standard InChI is InChI=1S/C16H19F3N4O4S/c1-3-22-12(24)11-9(2)10(8-21-5-4-20-14(21)25)28-13(11)23(15(22)26)6-7-27-16(17,18)19/h3-8H2,1-2H3,(H,20,25). The maximum Gasteiger partial charge on any atom is 0.522 e. The number of rotatable bonds is 6. The number of hydrogen-bond donors (Lipinski definition) is 1. The summed E-state index contributed by atoms with van der Waals surface area (Å²) in [5, 5.41) is 2.97. The summed E-state index contributed by atoms with van der Waals surface area (Å²) in [4.78, 5) is 39.8. The number of aromatic nitrogens is 2. The van der Waals surface area contributed by atoms with Gasteiger partial charge in [-0.3, -0.25) is 18.7 Å². The maximum absolute atomic E-state index is 12.8. The SMILES string of the molecule is CCn1c(=O)c2c(C)c(CN3CCNC3=O)sc2n(CCOC(F)(F)F)c1=O. The molecule has 1 fully saturated rings. The molecule has 154 valence electrons. The number of fused-ring (bicyclic) bond motifs is 1. The summed E-state index contributed by atoms with van der Waals surface area (Å²) in [6, 6.07) is -0.223. The second kappa shape index (κ2) is 7.59. The molecule has 1 aliphatic rings. The lowest BCUT2D eigenvalue weighted by atomic mass is 10.2. The van der Waals surface area contributed by atoms with E-state index < -0.39 is 24.2 Å². The molecule has 2 amide bonds. The molecule has 1 N–H and O–H groups in total. The fraction of sp³-hybridized carbons (Fsp3) is 0.562. The molecule has 0 aliphatic carbocycles. The molecule has 2 aromatic rings. The van der Waals surface area contributed by atoms with Crippen molar-refractivity contribution in [2.75, 3.05) is 19.7 Å². The normalized spacial score (nSPS) is 14.9. The van der Waals surface area contributed by atoms with E-state index in [9.17, 15) is 27.6 Å². The smallest absolute Gasteiger partial charge is 0.336 e. The highest BCUT2D eigenvalue weighted by molar-refractivity contribution is 7.18. The van der Waals surface area contributed by atoms with Crippen LogP contribution >= 0.6 is 11.3 Å². The number of carbonyl (C=O) groups excluding carboxylic acids is 1. The number of carbonyl (C=O) groups is 1. The van der Waals surface area contributed by atoms with Crippen LogP contribution in [0.4, 0.5) is 18.0 Å². The number of nitrogens with one attached hydrogen (secondary N) is 1. The summed E-state index contributed by atoms with van der Waals surface area (Å²) in [5.41, 5.74) is -0.545. The average molecular weight is 420 g/mol. The lowest BCUT2D eigenvalue weighted by molar-refractivity contribution is -0.325. The Bertz CT molecular complexity index is 1020. The van der Waals surface area contributed by atoms with E-state index in [1.807, 2.05) is 0 Å². The van der Waals surface area contributed by atoms with Crippen molar-refractivity contribution in [2.45, 2.75) is 39.8 Å². The number of nitrogens with zero attached hydrogens (tertiary/aromatic N) is 3. The van der Waals surface area contributed by atoms with Crippen LogP contribution in [0.1, 0.15) is 17.4 Å². The number of thiophene rings is 1. The molecule has 0 bridgehead atoms. The van der Waals surface area contributed by atoms with Gasteiger partial charge in [-0.25, -0.2) is 9.59 Å². The fourth-order valence-corrected chi connectivity index (χ4v) is 4.49. The zero-order valence-corrected chi connectivity index (χ0v) is 16.1. The van der Waals surface area contributed by atoms with Crippen LogP contribution in [0.15, 0.2) is 9.59 Å². The van der Waals surface area contributed by atoms with Gasteiger partial charge in [-0.1, -0.05) is 0 Å². The van der Waals surface area contributed by atoms with Crippen LogP contribution in [0.25, 0.3) is 10.2 Å². The first-order valence-electron chi connectivity index (χ1n) is 8.63. The highest BCUT2D eigenvalue weighted by atomic mass is 32.1. The second-order valence-electron chi connectivity index (χ2n) is 6.26. The Labute approximate surface area is 161 Å². The number of aryl methyl sites for hydroxylation is 1. The topological polar surface area (TPSA) is 85.6 Å². The molecule has 0 atom stereocenters. The number of halogens is 3. The molecular formula is C16H19F3N4O4S. The van der Waals surface area contributed by atoms with E-state index in [1.54, 1.807) is 18.7 Å². The minimum absolute atomic E-state index is 0.0902. The first-order valence-corrected chi connectivity index (χ1v) is 9.44. The zero-order valence-electron chi connectivity index (χ0n) is 15.3. The summed E-state index contributed by atoms with van der Waals surface area (Å²) in [5.74, 6) is 0. The Morgan fingerprint density at radius 1 is 1.21 bits per heavy atom. The van der Waals surface area contributed by atoms with Gasteiger partial charge < -0.3 is 10.2 Å². The molecule has 3 heterocycles. The molecule has 1 saturated heterocycles. The van der Waals surface area contributed by atoms with Crippen LogP contribution in [-0.2, 0) is 24.4 Å². The van der Waals surface area contributed by atoms with Crippen LogP contribution in [0.2, 0.25) is 0 Å². The second-order valence-corrected chi connectivity index (χ2v) is 7.35. The number of alkyl halides is 3. The first kappa shape index (κ1) is 20.4. The van der Waals surface area contributed by atoms with Gasteiger partial charge in [-0.2, -0.15) is 0 Å². The van der Waals surface area contributed by atoms with E-state index in [4.69, 9.17) is 0 Å². The van der Waals surface area contributed by atoms with Gasteiger partial charge in [-0.15, -0.1) is 24.5 Å². The zero-order chi connectivity index (χ0) is 20.6. The molecule has 3 rings (SSSR count). The highest BCUT2D eigenvalue weighted by Crippen LogP contribution is 2.29. The molecule has 0 radical (unpaired) electrons. The molecule has 0 aromatic carbocycles. The van der Waals surface area contributed by atoms with Crippen molar-refractivity contribution in [2.24, 2.45) is 0 Å². The molecule has 1 aliphatic heterocycles. The van der Waals surface area contributed by atoms with Gasteiger partial charge in [0.1, 0.15) is 4.83 Å². The summed E-state index contributed by atoms with van der Waals surface area (Å²) in [6.45, 7) is 3.61. The highest BCUT2D eigenvalue weighted by Gasteiger charge is 2.29. The fourth-order valence-electron chi connectivity index (χ4n) is 3.16. The third-order valence-corrected chi connectivity index (χ3v) is 5.87. The monoisotopic (exact) mass is 420 g/mol. The van der Waals surface area contributed by atoms with E-state index in [0.29, 0.717) is 23.5 Å². The van der Waals surface area contributed by atoms with Crippen molar-refractivity contribution in [1.82, 2.24) is 19.4 Å². The van der Waals surface area contributed by atoms with Crippen molar-refractivity contribution < 1.29 is 22.7 Å². The molecule has 2 aromatic heterocycles. The predicted octanol–water partition coefficient (Wildman–Crippen LogP) is 1.61. The lowest BCUT2D eigenvalue weighted by Crippen LogP contribution is -2.40. The summed E-state index contributed by atoms with van der Waals surface area (Å²) < 4.78 is 42.8. The van der Waals surface area contributed by atoms with Crippen molar-refractivity contribution >= 4 is 27.6 Å². The third-order valence-electron chi connectivity index (χ3n) is 4.57. The van der Waals surface area contributed by atoms with Gasteiger partial charge in [-0.05, 0) is 19.4 Å². The third kappa shape index (κ3) is 3.78. The summed E-state index contributed by atoms with van der Waals surface area (Å²) >= 11 is 1.14. The van der Waals surface area contributed by atoms with Crippen LogP contribution < -0.4 is 16.6 Å². The van der Waals surface area contributed by atoms with Gasteiger partial charge >= 0.3 is 18.1 Å². The van der Waals surface area contributed by atoms with Crippen LogP contribution in [-0.4, -0.2) is 46.1 Å². The number of ether oxygens (including phenoxy) is 1. The van der Waals surface area contributed by atoms with Crippen LogP contribution in [0, 0.1) is 6.92 Å². The Balaban J connectivity index is 2.07. The molecule has 12 heteroatoms. The number of hydrogen-bond acceptors (Lipinski definition) is 5. The van der Waals surface area contributed by atoms with E-state index in [-0.39, 0.29) is 35.9 Å². The molecule has 0 unspecified atom stereocenters. The molecule has 0 spiro atoms. The van der Waals surface area contributed by atoms with Crippen molar-refractivity contribution in [3.8, 4) is 0 Å². The van der Waals surface area contributed by atoms with E-state index in [2.05, 4.69) is 10.1 Å². The Morgan fingerprint density at radius 3 is 2.50 bits per heavy atom. The minimum atomic E-state index is -4.80. The van der Waals surface area contributed by atoms with E-state index in [0.717, 1.165) is 20.5 Å². The van der Waals surface area contributed by atoms with Gasteiger partial charge in [0.15, 0.2) is 0 Å². The van der Waals surface area contributed by atoms with E-state index >= 15 is 0 Å². The Morgan fingerprint density at radius 2 is 1.93 bits per heavy atom. The van der Waals surface area contributed by atoms with Gasteiger partial charge in [0.2, 0.25) is 0 Å². The Hall–Kier alpha value is -2.34. The first-order chi connectivity index (χ1) is 13.1. The van der Waals surface area contributed by atoms with Crippen LogP contribution in [0.3, 0.4) is 0 Å². The quantitative estimate of drug-likeness (QED) is 0.770. The van der Waals surface area contributed by atoms with Gasteiger partial charge in [0.05, 0.1) is 25.1 Å². The van der Waals surface area contributed by atoms with Gasteiger partial charge in [0.25, 0.3) is 5.56 Å². The van der Waals surface area contributed by atoms with Crippen LogP contribution in [0.5, 0.6) is 0 Å². The average Bonchev–Trinajstić information content (AvgIpc) is 3.15. The predicted molar refractivity (Wildman–Crippen MR) is 96.6 cm³/mol. The molecule has 8 nitrogen and oxygen atoms in total.